The highest BCUT2D eigenvalue weighted by atomic mass is 16.4. The van der Waals surface area contributed by atoms with E-state index in [0.29, 0.717) is 29.6 Å². The monoisotopic (exact) mass is 494 g/mol. The number of phenols is 1. The zero-order chi connectivity index (χ0) is 25.7. The molecule has 1 atom stereocenters. The minimum Gasteiger partial charge on any atom is -0.508 e. The number of nitrogens with one attached hydrogen (secondary N) is 2. The van der Waals surface area contributed by atoms with Crippen LogP contribution in [0.15, 0.2) is 45.6 Å². The molecular weight excluding hydrogens is 464 g/mol. The van der Waals surface area contributed by atoms with E-state index in [-0.39, 0.29) is 30.5 Å². The lowest BCUT2D eigenvalue weighted by molar-refractivity contribution is -0.139. The molecule has 10 nitrogen and oxygen atoms in total. The van der Waals surface area contributed by atoms with Gasteiger partial charge in [-0.3, -0.25) is 19.8 Å². The predicted molar refractivity (Wildman–Crippen MR) is 133 cm³/mol. The summed E-state index contributed by atoms with van der Waals surface area (Å²) in [6.45, 7) is 4.30. The molecular formula is C26H30N4O6. The Morgan fingerprint density at radius 1 is 1.11 bits per heavy atom. The van der Waals surface area contributed by atoms with E-state index in [1.807, 2.05) is 6.07 Å². The zero-order valence-electron chi connectivity index (χ0n) is 20.1. The Kier molecular flexibility index (Phi) is 7.97. The van der Waals surface area contributed by atoms with Crippen LogP contribution in [-0.4, -0.2) is 57.6 Å². The molecule has 0 unspecified atom stereocenters. The fourth-order valence-corrected chi connectivity index (χ4v) is 4.39. The molecule has 10 heteroatoms. The first-order valence-electron chi connectivity index (χ1n) is 12.0. The third-order valence-corrected chi connectivity index (χ3v) is 6.43. The summed E-state index contributed by atoms with van der Waals surface area (Å²) in [4.78, 5) is 43.3. The summed E-state index contributed by atoms with van der Waals surface area (Å²) in [6.07, 6.45) is 2.42. The Morgan fingerprint density at radius 3 is 2.53 bits per heavy atom. The Labute approximate surface area is 208 Å². The predicted octanol–water partition coefficient (Wildman–Crippen LogP) is 1.70. The number of aryl methyl sites for hydroxylation is 1. The van der Waals surface area contributed by atoms with Crippen molar-refractivity contribution in [1.29, 1.82) is 0 Å². The second-order valence-corrected chi connectivity index (χ2v) is 9.04. The van der Waals surface area contributed by atoms with Crippen molar-refractivity contribution < 1.29 is 24.2 Å². The number of fused-ring (bicyclic) bond motifs is 1. The summed E-state index contributed by atoms with van der Waals surface area (Å²) in [5.41, 5.74) is 2.10. The van der Waals surface area contributed by atoms with E-state index in [2.05, 4.69) is 20.5 Å². The number of benzene rings is 2. The maximum Gasteiger partial charge on any atom is 0.347 e. The van der Waals surface area contributed by atoms with Crippen LogP contribution in [0.4, 0.5) is 0 Å². The summed E-state index contributed by atoms with van der Waals surface area (Å²) in [5.74, 6) is -0.930. The van der Waals surface area contributed by atoms with Crippen LogP contribution >= 0.6 is 0 Å². The molecule has 0 spiro atoms. The Balaban J connectivity index is 1.42. The van der Waals surface area contributed by atoms with Crippen LogP contribution in [0, 0.1) is 6.92 Å². The molecule has 1 saturated heterocycles. The van der Waals surface area contributed by atoms with Crippen LogP contribution in [0.2, 0.25) is 0 Å². The number of phenolic OH excluding ortho intramolecular Hbond substituents is 1. The van der Waals surface area contributed by atoms with E-state index in [1.165, 1.54) is 12.1 Å². The molecule has 3 aromatic rings. The van der Waals surface area contributed by atoms with Gasteiger partial charge in [-0.05, 0) is 74.2 Å². The summed E-state index contributed by atoms with van der Waals surface area (Å²) in [6, 6.07) is 8.87. The van der Waals surface area contributed by atoms with E-state index < -0.39 is 17.6 Å². The first-order valence-corrected chi connectivity index (χ1v) is 12.0. The average molecular weight is 495 g/mol. The lowest BCUT2D eigenvalue weighted by atomic mass is 10.0. The molecule has 0 saturated carbocycles. The summed E-state index contributed by atoms with van der Waals surface area (Å²) in [5, 5.41) is 25.1. The lowest BCUT2D eigenvalue weighted by Gasteiger charge is -2.15. The van der Waals surface area contributed by atoms with Crippen molar-refractivity contribution in [2.24, 2.45) is 0 Å². The maximum atomic E-state index is 12.8. The van der Waals surface area contributed by atoms with Gasteiger partial charge in [-0.15, -0.1) is 0 Å². The van der Waals surface area contributed by atoms with Crippen molar-refractivity contribution >= 4 is 22.8 Å². The fourth-order valence-electron chi connectivity index (χ4n) is 4.39. The summed E-state index contributed by atoms with van der Waals surface area (Å²) >= 11 is 0. The van der Waals surface area contributed by atoms with E-state index in [9.17, 15) is 24.6 Å². The summed E-state index contributed by atoms with van der Waals surface area (Å²) in [7, 11) is 0. The zero-order valence-corrected chi connectivity index (χ0v) is 20.1. The number of aromatic hydroxyl groups is 1. The standard InChI is InChI=1S/C26H30N4O6/c1-16-18(13-28-22(32)15-30-10-2-3-11-30)6-9-20-24(16)26(35)36-23(29-20)14-27-21(25(33)34)12-17-4-7-19(31)8-5-17/h4-9,21,27,31H,2-3,10-15H2,1H3,(H,28,32)(H,33,34)/t21-/m0/s1. The highest BCUT2D eigenvalue weighted by Crippen LogP contribution is 2.18. The Morgan fingerprint density at radius 2 is 1.83 bits per heavy atom. The van der Waals surface area contributed by atoms with Crippen LogP contribution in [0.5, 0.6) is 5.75 Å². The molecule has 0 bridgehead atoms. The van der Waals surface area contributed by atoms with Crippen LogP contribution < -0.4 is 16.3 Å². The van der Waals surface area contributed by atoms with E-state index >= 15 is 0 Å². The van der Waals surface area contributed by atoms with E-state index in [0.717, 1.165) is 37.1 Å². The molecule has 190 valence electrons. The largest absolute Gasteiger partial charge is 0.508 e. The minimum atomic E-state index is -1.06. The molecule has 36 heavy (non-hydrogen) atoms. The number of carboxylic acids is 1. The van der Waals surface area contributed by atoms with Gasteiger partial charge in [-0.25, -0.2) is 9.78 Å². The quantitative estimate of drug-likeness (QED) is 0.331. The SMILES string of the molecule is Cc1c(CNC(=O)CN2CCCC2)ccc2nc(CN[C@@H](Cc3ccc(O)cc3)C(=O)O)oc(=O)c12. The molecule has 4 rings (SSSR count). The number of aromatic nitrogens is 1. The van der Waals surface area contributed by atoms with Crippen molar-refractivity contribution in [1.82, 2.24) is 20.5 Å². The molecule has 2 heterocycles. The van der Waals surface area contributed by atoms with Crippen molar-refractivity contribution in [3.8, 4) is 5.75 Å². The molecule has 0 radical (unpaired) electrons. The van der Waals surface area contributed by atoms with Crippen LogP contribution in [0.3, 0.4) is 0 Å². The number of rotatable bonds is 10. The highest BCUT2D eigenvalue weighted by molar-refractivity contribution is 5.82. The lowest BCUT2D eigenvalue weighted by Crippen LogP contribution is -2.38. The maximum absolute atomic E-state index is 12.8. The Hall–Kier alpha value is -3.76. The molecule has 1 aromatic heterocycles. The smallest absolute Gasteiger partial charge is 0.347 e. The molecule has 1 aliphatic heterocycles. The number of carboxylic acid groups (broad SMARTS) is 1. The summed E-state index contributed by atoms with van der Waals surface area (Å²) < 4.78 is 5.39. The van der Waals surface area contributed by atoms with Crippen molar-refractivity contribution in [2.75, 3.05) is 19.6 Å². The topological polar surface area (TPSA) is 145 Å². The van der Waals surface area contributed by atoms with Gasteiger partial charge in [0.25, 0.3) is 0 Å². The first kappa shape index (κ1) is 25.3. The van der Waals surface area contributed by atoms with Crippen LogP contribution in [0.25, 0.3) is 10.9 Å². The highest BCUT2D eigenvalue weighted by Gasteiger charge is 2.20. The van der Waals surface area contributed by atoms with Crippen molar-refractivity contribution in [3.05, 3.63) is 69.4 Å². The van der Waals surface area contributed by atoms with Gasteiger partial charge in [0.05, 0.1) is 24.0 Å². The minimum absolute atomic E-state index is 0.0480. The number of carbonyl (C=O) groups excluding carboxylic acids is 1. The number of hydrogen-bond donors (Lipinski definition) is 4. The molecule has 2 aromatic carbocycles. The average Bonchev–Trinajstić information content (AvgIpc) is 3.35. The Bertz CT molecular complexity index is 1300. The third-order valence-electron chi connectivity index (χ3n) is 6.43. The van der Waals surface area contributed by atoms with Crippen molar-refractivity contribution in [2.45, 2.75) is 45.3 Å². The van der Waals surface area contributed by atoms with Gasteiger partial charge in [-0.1, -0.05) is 18.2 Å². The molecule has 1 aliphatic rings. The molecule has 1 fully saturated rings. The fraction of sp³-hybridized carbons (Fsp3) is 0.385. The first-order chi connectivity index (χ1) is 17.3. The van der Waals surface area contributed by atoms with Gasteiger partial charge >= 0.3 is 11.6 Å². The van der Waals surface area contributed by atoms with Gasteiger partial charge in [0.1, 0.15) is 11.8 Å². The molecule has 1 amide bonds. The van der Waals surface area contributed by atoms with Gasteiger partial charge < -0.3 is 19.9 Å². The second kappa shape index (κ2) is 11.3. The van der Waals surface area contributed by atoms with Crippen molar-refractivity contribution in [3.63, 3.8) is 0 Å². The van der Waals surface area contributed by atoms with Gasteiger partial charge in [0, 0.05) is 6.54 Å². The van der Waals surface area contributed by atoms with Gasteiger partial charge in [-0.2, -0.15) is 0 Å². The number of likely N-dealkylation sites (tertiary alicyclic amines) is 1. The number of aliphatic carboxylic acids is 1. The van der Waals surface area contributed by atoms with Crippen LogP contribution in [-0.2, 0) is 29.1 Å². The van der Waals surface area contributed by atoms with Gasteiger partial charge in [0.15, 0.2) is 0 Å². The normalized spacial score (nSPS) is 14.7. The van der Waals surface area contributed by atoms with E-state index in [1.54, 1.807) is 25.1 Å². The number of nitrogens with zero attached hydrogens (tertiary/aromatic N) is 2. The third kappa shape index (κ3) is 6.27. The number of amides is 1. The molecule has 0 aliphatic carbocycles. The molecule has 4 N–H and O–H groups in total. The number of carbonyl (C=O) groups is 2. The van der Waals surface area contributed by atoms with E-state index in [4.69, 9.17) is 4.42 Å². The van der Waals surface area contributed by atoms with Gasteiger partial charge in [0.2, 0.25) is 11.8 Å². The number of hydrogen-bond acceptors (Lipinski definition) is 8. The second-order valence-electron chi connectivity index (χ2n) is 9.04. The van der Waals surface area contributed by atoms with Crippen LogP contribution in [0.1, 0.15) is 35.4 Å².